The summed E-state index contributed by atoms with van der Waals surface area (Å²) in [6.07, 6.45) is 0. The molecule has 2 N–H and O–H groups in total. The van der Waals surface area contributed by atoms with Gasteiger partial charge in [0.05, 0.1) is 13.2 Å². The lowest BCUT2D eigenvalue weighted by atomic mass is 10.3. The first-order valence-corrected chi connectivity index (χ1v) is 6.95. The lowest BCUT2D eigenvalue weighted by Gasteiger charge is -2.15. The van der Waals surface area contributed by atoms with E-state index in [0.29, 0.717) is 6.54 Å². The van der Waals surface area contributed by atoms with Crippen molar-refractivity contribution in [2.24, 2.45) is 0 Å². The summed E-state index contributed by atoms with van der Waals surface area (Å²) in [7, 11) is 0. The lowest BCUT2D eigenvalue weighted by molar-refractivity contribution is -0.142. The van der Waals surface area contributed by atoms with Crippen LogP contribution in [0.4, 0.5) is 0 Å². The summed E-state index contributed by atoms with van der Waals surface area (Å²) in [5.41, 5.74) is 0. The maximum Gasteiger partial charge on any atom is 0.329 e. The predicted octanol–water partition coefficient (Wildman–Crippen LogP) is 0.952. The molecule has 0 bridgehead atoms. The minimum atomic E-state index is -1.03. The van der Waals surface area contributed by atoms with Gasteiger partial charge in [-0.1, -0.05) is 13.8 Å². The SMILES string of the molecule is CCN(CC)Cc1ccc(C(=O)NCCOCC(=O)O)o1. The van der Waals surface area contributed by atoms with Crippen molar-refractivity contribution in [1.82, 2.24) is 10.2 Å². The number of nitrogens with zero attached hydrogens (tertiary/aromatic N) is 1. The number of carbonyl (C=O) groups is 2. The summed E-state index contributed by atoms with van der Waals surface area (Å²) in [5, 5.41) is 11.0. The van der Waals surface area contributed by atoms with Gasteiger partial charge in [0, 0.05) is 6.54 Å². The van der Waals surface area contributed by atoms with Crippen molar-refractivity contribution >= 4 is 11.9 Å². The molecule has 7 heteroatoms. The Morgan fingerprint density at radius 3 is 2.67 bits per heavy atom. The number of carboxylic acid groups (broad SMARTS) is 1. The Hall–Kier alpha value is -1.86. The van der Waals surface area contributed by atoms with Crippen LogP contribution in [0.1, 0.15) is 30.2 Å². The van der Waals surface area contributed by atoms with Crippen LogP contribution in [0.2, 0.25) is 0 Å². The quantitative estimate of drug-likeness (QED) is 0.625. The van der Waals surface area contributed by atoms with E-state index in [1.54, 1.807) is 12.1 Å². The number of amides is 1. The highest BCUT2D eigenvalue weighted by molar-refractivity contribution is 5.91. The number of ether oxygens (including phenoxy) is 1. The minimum absolute atomic E-state index is 0.144. The van der Waals surface area contributed by atoms with E-state index in [1.165, 1.54) is 0 Å². The topological polar surface area (TPSA) is 92.0 Å². The number of nitrogens with one attached hydrogen (secondary N) is 1. The second-order valence-corrected chi connectivity index (χ2v) is 4.43. The maximum atomic E-state index is 11.8. The Balaban J connectivity index is 2.34. The zero-order valence-electron chi connectivity index (χ0n) is 12.4. The predicted molar refractivity (Wildman–Crippen MR) is 76.1 cm³/mol. The van der Waals surface area contributed by atoms with E-state index in [2.05, 4.69) is 24.1 Å². The molecule has 1 aromatic rings. The van der Waals surface area contributed by atoms with Gasteiger partial charge in [-0.25, -0.2) is 4.79 Å². The molecule has 0 atom stereocenters. The molecule has 21 heavy (non-hydrogen) atoms. The van der Waals surface area contributed by atoms with Gasteiger partial charge in [0.1, 0.15) is 12.4 Å². The number of aliphatic carboxylic acids is 1. The molecule has 1 heterocycles. The molecule has 0 saturated heterocycles. The molecule has 1 rings (SSSR count). The molecular formula is C14H22N2O5. The molecule has 0 fully saturated rings. The number of furan rings is 1. The van der Waals surface area contributed by atoms with E-state index in [1.807, 2.05) is 0 Å². The third-order valence-corrected chi connectivity index (χ3v) is 2.92. The fraction of sp³-hybridized carbons (Fsp3) is 0.571. The summed E-state index contributed by atoms with van der Waals surface area (Å²) in [6, 6.07) is 3.42. The van der Waals surface area contributed by atoms with E-state index in [-0.39, 0.29) is 31.4 Å². The molecule has 0 aliphatic heterocycles. The van der Waals surface area contributed by atoms with Gasteiger partial charge in [-0.05, 0) is 25.2 Å². The van der Waals surface area contributed by atoms with E-state index in [4.69, 9.17) is 14.3 Å². The van der Waals surface area contributed by atoms with Crippen molar-refractivity contribution < 1.29 is 23.8 Å². The van der Waals surface area contributed by atoms with Crippen molar-refractivity contribution in [1.29, 1.82) is 0 Å². The molecule has 7 nitrogen and oxygen atoms in total. The molecule has 0 aliphatic carbocycles. The average Bonchev–Trinajstić information content (AvgIpc) is 2.92. The number of carbonyl (C=O) groups excluding carboxylic acids is 1. The van der Waals surface area contributed by atoms with Crippen molar-refractivity contribution in [3.05, 3.63) is 23.7 Å². The normalized spacial score (nSPS) is 10.8. The zero-order valence-corrected chi connectivity index (χ0v) is 12.4. The molecule has 0 aromatic carbocycles. The average molecular weight is 298 g/mol. The van der Waals surface area contributed by atoms with Crippen molar-refractivity contribution in [3.8, 4) is 0 Å². The fourth-order valence-corrected chi connectivity index (χ4v) is 1.74. The van der Waals surface area contributed by atoms with Crippen LogP contribution in [-0.2, 0) is 16.1 Å². The van der Waals surface area contributed by atoms with E-state index < -0.39 is 5.97 Å². The lowest BCUT2D eigenvalue weighted by Crippen LogP contribution is -2.27. The first kappa shape index (κ1) is 17.2. The van der Waals surface area contributed by atoms with Gasteiger partial charge in [-0.15, -0.1) is 0 Å². The third kappa shape index (κ3) is 6.42. The van der Waals surface area contributed by atoms with Crippen LogP contribution in [0.3, 0.4) is 0 Å². The summed E-state index contributed by atoms with van der Waals surface area (Å²) >= 11 is 0. The van der Waals surface area contributed by atoms with Crippen LogP contribution in [0.25, 0.3) is 0 Å². The van der Waals surface area contributed by atoms with Crippen LogP contribution in [0.15, 0.2) is 16.5 Å². The van der Waals surface area contributed by atoms with E-state index in [0.717, 1.165) is 18.8 Å². The van der Waals surface area contributed by atoms with Crippen LogP contribution < -0.4 is 5.32 Å². The summed E-state index contributed by atoms with van der Waals surface area (Å²) in [6.45, 7) is 6.64. The highest BCUT2D eigenvalue weighted by Crippen LogP contribution is 2.10. The molecule has 1 amide bonds. The molecule has 0 saturated carbocycles. The first-order chi connectivity index (χ1) is 10.1. The summed E-state index contributed by atoms with van der Waals surface area (Å²) in [4.78, 5) is 24.2. The van der Waals surface area contributed by atoms with Gasteiger partial charge in [0.25, 0.3) is 5.91 Å². The van der Waals surface area contributed by atoms with Gasteiger partial charge in [-0.3, -0.25) is 9.69 Å². The molecule has 0 spiro atoms. The molecular weight excluding hydrogens is 276 g/mol. The van der Waals surface area contributed by atoms with Crippen molar-refractivity contribution in [2.45, 2.75) is 20.4 Å². The highest BCUT2D eigenvalue weighted by atomic mass is 16.5. The standard InChI is InChI=1S/C14H22N2O5/c1-3-16(4-2)9-11-5-6-12(21-11)14(19)15-7-8-20-10-13(17)18/h5-6H,3-4,7-10H2,1-2H3,(H,15,19)(H,17,18). The Kier molecular flexibility index (Phi) is 7.49. The van der Waals surface area contributed by atoms with Gasteiger partial charge in [0.15, 0.2) is 5.76 Å². The van der Waals surface area contributed by atoms with E-state index >= 15 is 0 Å². The maximum absolute atomic E-state index is 11.8. The smallest absolute Gasteiger partial charge is 0.329 e. The first-order valence-electron chi connectivity index (χ1n) is 6.95. The number of carboxylic acids is 1. The Morgan fingerprint density at radius 1 is 1.33 bits per heavy atom. The molecule has 118 valence electrons. The molecule has 0 unspecified atom stereocenters. The largest absolute Gasteiger partial charge is 0.480 e. The van der Waals surface area contributed by atoms with Gasteiger partial charge in [-0.2, -0.15) is 0 Å². The van der Waals surface area contributed by atoms with E-state index in [9.17, 15) is 9.59 Å². The van der Waals surface area contributed by atoms with Gasteiger partial charge < -0.3 is 19.6 Å². The summed E-state index contributed by atoms with van der Waals surface area (Å²) in [5.74, 6) is -0.380. The Bertz CT molecular complexity index is 454. The monoisotopic (exact) mass is 298 g/mol. The van der Waals surface area contributed by atoms with Gasteiger partial charge in [0.2, 0.25) is 0 Å². The van der Waals surface area contributed by atoms with Crippen molar-refractivity contribution in [2.75, 3.05) is 32.8 Å². The molecule has 0 radical (unpaired) electrons. The number of hydrogen-bond donors (Lipinski definition) is 2. The second-order valence-electron chi connectivity index (χ2n) is 4.43. The molecule has 0 aliphatic rings. The van der Waals surface area contributed by atoms with Crippen LogP contribution >= 0.6 is 0 Å². The Morgan fingerprint density at radius 2 is 2.05 bits per heavy atom. The van der Waals surface area contributed by atoms with Crippen LogP contribution in [-0.4, -0.2) is 54.7 Å². The minimum Gasteiger partial charge on any atom is -0.480 e. The molecule has 1 aromatic heterocycles. The van der Waals surface area contributed by atoms with Crippen LogP contribution in [0.5, 0.6) is 0 Å². The summed E-state index contributed by atoms with van der Waals surface area (Å²) < 4.78 is 10.3. The zero-order chi connectivity index (χ0) is 15.7. The number of hydrogen-bond acceptors (Lipinski definition) is 5. The second kappa shape index (κ2) is 9.15. The van der Waals surface area contributed by atoms with Crippen molar-refractivity contribution in [3.63, 3.8) is 0 Å². The third-order valence-electron chi connectivity index (χ3n) is 2.92. The number of rotatable bonds is 10. The van der Waals surface area contributed by atoms with Gasteiger partial charge >= 0.3 is 5.97 Å². The highest BCUT2D eigenvalue weighted by Gasteiger charge is 2.12. The van der Waals surface area contributed by atoms with Crippen LogP contribution in [0, 0.1) is 0 Å². The Labute approximate surface area is 123 Å². The fourth-order valence-electron chi connectivity index (χ4n) is 1.74.